The van der Waals surface area contributed by atoms with E-state index in [1.54, 1.807) is 13.0 Å². The number of anilines is 1. The number of nitrogens with one attached hydrogen (secondary N) is 1. The van der Waals surface area contributed by atoms with Crippen molar-refractivity contribution in [2.24, 2.45) is 0 Å². The Hall–Kier alpha value is -3.42. The van der Waals surface area contributed by atoms with Crippen molar-refractivity contribution in [3.05, 3.63) is 70.6 Å². The molecule has 0 aliphatic rings. The Kier molecular flexibility index (Phi) is 6.11. The second-order valence-electron chi connectivity index (χ2n) is 6.51. The number of amides is 1. The molecule has 3 rings (SSSR count). The zero-order valence-electron chi connectivity index (χ0n) is 16.2. The van der Waals surface area contributed by atoms with Crippen LogP contribution in [0.1, 0.15) is 32.9 Å². The molecule has 8 heteroatoms. The maximum absolute atomic E-state index is 12.7. The van der Waals surface area contributed by atoms with Gasteiger partial charge < -0.3 is 19.3 Å². The summed E-state index contributed by atoms with van der Waals surface area (Å²) in [6.07, 6.45) is 0. The van der Waals surface area contributed by atoms with Crippen molar-refractivity contribution in [3.8, 4) is 11.5 Å². The fourth-order valence-corrected chi connectivity index (χ4v) is 2.86. The first-order valence-corrected chi connectivity index (χ1v) is 8.85. The summed E-state index contributed by atoms with van der Waals surface area (Å²) < 4.78 is 40.5. The zero-order valence-corrected chi connectivity index (χ0v) is 16.2. The van der Waals surface area contributed by atoms with E-state index in [2.05, 4.69) is 15.2 Å². The maximum atomic E-state index is 12.7. The van der Waals surface area contributed by atoms with Gasteiger partial charge in [0.05, 0.1) is 11.3 Å². The molecule has 0 atom stereocenters. The fourth-order valence-electron chi connectivity index (χ4n) is 2.86. The molecule has 0 unspecified atom stereocenters. The number of para-hydroxylation sites is 2. The van der Waals surface area contributed by atoms with Crippen LogP contribution in [0, 0.1) is 20.8 Å². The number of alkyl halides is 2. The quantitative estimate of drug-likeness (QED) is 0.600. The van der Waals surface area contributed by atoms with Gasteiger partial charge in [0.25, 0.3) is 5.91 Å². The number of halogens is 2. The van der Waals surface area contributed by atoms with Crippen molar-refractivity contribution >= 4 is 11.6 Å². The summed E-state index contributed by atoms with van der Waals surface area (Å²) in [5.74, 6) is 0.317. The maximum Gasteiger partial charge on any atom is 0.387 e. The van der Waals surface area contributed by atoms with Crippen LogP contribution in [-0.4, -0.2) is 17.7 Å². The summed E-state index contributed by atoms with van der Waals surface area (Å²) in [5, 5.41) is 6.32. The Balaban J connectivity index is 1.78. The summed E-state index contributed by atoms with van der Waals surface area (Å²) in [5.41, 5.74) is 2.68. The average molecular weight is 402 g/mol. The second-order valence-corrected chi connectivity index (χ2v) is 6.51. The molecular weight excluding hydrogens is 382 g/mol. The summed E-state index contributed by atoms with van der Waals surface area (Å²) >= 11 is 0. The van der Waals surface area contributed by atoms with Crippen molar-refractivity contribution in [3.63, 3.8) is 0 Å². The molecule has 152 valence electrons. The van der Waals surface area contributed by atoms with Gasteiger partial charge in [-0.25, -0.2) is 0 Å². The molecule has 1 heterocycles. The van der Waals surface area contributed by atoms with Crippen LogP contribution in [0.2, 0.25) is 0 Å². The first kappa shape index (κ1) is 20.3. The SMILES string of the molecule is Cc1cc(C)cc(OCc2c(C(=O)Nc3ccccc3OC(F)F)noc2C)c1. The average Bonchev–Trinajstić information content (AvgIpc) is 3.01. The summed E-state index contributed by atoms with van der Waals surface area (Å²) in [7, 11) is 0. The molecule has 0 bridgehead atoms. The fraction of sp³-hybridized carbons (Fsp3) is 0.238. The molecule has 3 aromatic rings. The third kappa shape index (κ3) is 5.10. The summed E-state index contributed by atoms with van der Waals surface area (Å²) in [6, 6.07) is 11.7. The monoisotopic (exact) mass is 402 g/mol. The molecule has 0 aliphatic heterocycles. The number of hydrogen-bond acceptors (Lipinski definition) is 5. The van der Waals surface area contributed by atoms with Crippen molar-refractivity contribution < 1.29 is 27.6 Å². The predicted octanol–water partition coefficient (Wildman–Crippen LogP) is 5.03. The van der Waals surface area contributed by atoms with Crippen LogP contribution in [0.25, 0.3) is 0 Å². The van der Waals surface area contributed by atoms with Crippen LogP contribution < -0.4 is 14.8 Å². The normalized spacial score (nSPS) is 10.8. The molecule has 0 saturated carbocycles. The highest BCUT2D eigenvalue weighted by Gasteiger charge is 2.22. The highest BCUT2D eigenvalue weighted by atomic mass is 19.3. The number of nitrogens with zero attached hydrogens (tertiary/aromatic N) is 1. The molecule has 1 aromatic heterocycles. The van der Waals surface area contributed by atoms with Crippen LogP contribution in [-0.2, 0) is 6.61 Å². The van der Waals surface area contributed by atoms with Gasteiger partial charge in [-0.05, 0) is 56.2 Å². The van der Waals surface area contributed by atoms with Gasteiger partial charge in [-0.15, -0.1) is 0 Å². The second kappa shape index (κ2) is 8.72. The van der Waals surface area contributed by atoms with Crippen LogP contribution in [0.5, 0.6) is 11.5 Å². The minimum atomic E-state index is -3.01. The highest BCUT2D eigenvalue weighted by Crippen LogP contribution is 2.27. The first-order chi connectivity index (χ1) is 13.8. The number of carbonyl (C=O) groups is 1. The molecule has 0 fully saturated rings. The number of hydrogen-bond donors (Lipinski definition) is 1. The number of carbonyl (C=O) groups excluding carboxylic acids is 1. The van der Waals surface area contributed by atoms with E-state index >= 15 is 0 Å². The van der Waals surface area contributed by atoms with Crippen LogP contribution in [0.4, 0.5) is 14.5 Å². The first-order valence-electron chi connectivity index (χ1n) is 8.85. The molecule has 0 saturated heterocycles. The van der Waals surface area contributed by atoms with Gasteiger partial charge in [-0.2, -0.15) is 8.78 Å². The molecular formula is C21H20F2N2O4. The Morgan fingerprint density at radius 3 is 2.52 bits per heavy atom. The van der Waals surface area contributed by atoms with E-state index in [1.807, 2.05) is 32.0 Å². The number of aromatic nitrogens is 1. The van der Waals surface area contributed by atoms with Gasteiger partial charge in [-0.1, -0.05) is 23.4 Å². The van der Waals surface area contributed by atoms with Gasteiger partial charge in [0.15, 0.2) is 5.69 Å². The third-order valence-electron chi connectivity index (χ3n) is 4.13. The number of rotatable bonds is 7. The lowest BCUT2D eigenvalue weighted by molar-refractivity contribution is -0.0493. The van der Waals surface area contributed by atoms with Crippen molar-refractivity contribution in [2.75, 3.05) is 5.32 Å². The number of benzene rings is 2. The standard InChI is InChI=1S/C21H20F2N2O4/c1-12-8-13(2)10-15(9-12)27-11-16-14(3)29-25-19(16)20(26)24-17-6-4-5-7-18(17)28-21(22)23/h4-10,21H,11H2,1-3H3,(H,24,26). The minimum Gasteiger partial charge on any atom is -0.489 e. The lowest BCUT2D eigenvalue weighted by Gasteiger charge is -2.12. The molecule has 2 aromatic carbocycles. The smallest absolute Gasteiger partial charge is 0.387 e. The molecule has 0 spiro atoms. The third-order valence-corrected chi connectivity index (χ3v) is 4.13. The van der Waals surface area contributed by atoms with Crippen molar-refractivity contribution in [1.29, 1.82) is 0 Å². The Morgan fingerprint density at radius 1 is 1.14 bits per heavy atom. The van der Waals surface area contributed by atoms with Gasteiger partial charge in [-0.3, -0.25) is 4.79 Å². The van der Waals surface area contributed by atoms with E-state index in [9.17, 15) is 13.6 Å². The topological polar surface area (TPSA) is 73.6 Å². The zero-order chi connectivity index (χ0) is 21.0. The van der Waals surface area contributed by atoms with Crippen LogP contribution in [0.3, 0.4) is 0 Å². The van der Waals surface area contributed by atoms with E-state index in [0.29, 0.717) is 17.1 Å². The van der Waals surface area contributed by atoms with Crippen LogP contribution >= 0.6 is 0 Å². The molecule has 0 radical (unpaired) electrons. The molecule has 6 nitrogen and oxygen atoms in total. The lowest BCUT2D eigenvalue weighted by Crippen LogP contribution is -2.16. The Labute approximate surface area is 166 Å². The largest absolute Gasteiger partial charge is 0.489 e. The van der Waals surface area contributed by atoms with E-state index in [0.717, 1.165) is 11.1 Å². The van der Waals surface area contributed by atoms with E-state index in [-0.39, 0.29) is 23.7 Å². The number of aryl methyl sites for hydroxylation is 3. The minimum absolute atomic E-state index is 0.0127. The Bertz CT molecular complexity index is 997. The van der Waals surface area contributed by atoms with Crippen molar-refractivity contribution in [1.82, 2.24) is 5.16 Å². The predicted molar refractivity (Wildman–Crippen MR) is 103 cm³/mol. The summed E-state index contributed by atoms with van der Waals surface area (Å²) in [6.45, 7) is 2.64. The molecule has 1 amide bonds. The Morgan fingerprint density at radius 2 is 1.83 bits per heavy atom. The molecule has 29 heavy (non-hydrogen) atoms. The molecule has 1 N–H and O–H groups in total. The van der Waals surface area contributed by atoms with E-state index < -0.39 is 12.5 Å². The molecule has 0 aliphatic carbocycles. The van der Waals surface area contributed by atoms with E-state index in [4.69, 9.17) is 9.26 Å². The van der Waals surface area contributed by atoms with Gasteiger partial charge in [0, 0.05) is 0 Å². The van der Waals surface area contributed by atoms with E-state index in [1.165, 1.54) is 18.2 Å². The highest BCUT2D eigenvalue weighted by molar-refractivity contribution is 6.04. The van der Waals surface area contributed by atoms with Gasteiger partial charge in [0.1, 0.15) is 23.9 Å². The van der Waals surface area contributed by atoms with Crippen molar-refractivity contribution in [2.45, 2.75) is 34.0 Å². The summed E-state index contributed by atoms with van der Waals surface area (Å²) in [4.78, 5) is 12.7. The van der Waals surface area contributed by atoms with Crippen LogP contribution in [0.15, 0.2) is 47.0 Å². The number of ether oxygens (including phenoxy) is 2. The van der Waals surface area contributed by atoms with Gasteiger partial charge in [0.2, 0.25) is 0 Å². The lowest BCUT2D eigenvalue weighted by atomic mass is 10.1. The van der Waals surface area contributed by atoms with Gasteiger partial charge >= 0.3 is 6.61 Å².